The molecule has 0 bridgehead atoms. The molecule has 2 N–H and O–H groups in total. The van der Waals surface area contributed by atoms with Gasteiger partial charge in [0.05, 0.1) is 5.60 Å². The van der Waals surface area contributed by atoms with Gasteiger partial charge < -0.3 is 20.3 Å². The van der Waals surface area contributed by atoms with E-state index in [-0.39, 0.29) is 12.5 Å². The monoisotopic (exact) mass is 229 g/mol. The van der Waals surface area contributed by atoms with Gasteiger partial charge in [0.25, 0.3) is 0 Å². The third-order valence-electron chi connectivity index (χ3n) is 2.93. The zero-order valence-electron chi connectivity index (χ0n) is 10.5. The van der Waals surface area contributed by atoms with E-state index in [1.165, 1.54) is 0 Å². The second kappa shape index (κ2) is 5.61. The van der Waals surface area contributed by atoms with E-state index in [0.717, 1.165) is 26.2 Å². The first-order chi connectivity index (χ1) is 7.44. The fourth-order valence-corrected chi connectivity index (χ4v) is 1.46. The van der Waals surface area contributed by atoms with Crippen molar-refractivity contribution < 1.29 is 9.53 Å². The summed E-state index contributed by atoms with van der Waals surface area (Å²) in [6, 6.07) is 0. The normalized spacial score (nSPS) is 18.9. The molecule has 0 radical (unpaired) electrons. The average Bonchev–Trinajstić information content (AvgIpc) is 2.27. The van der Waals surface area contributed by atoms with E-state index in [9.17, 15) is 4.79 Å². The Labute approximate surface area is 97.5 Å². The predicted molar refractivity (Wildman–Crippen MR) is 63.2 cm³/mol. The van der Waals surface area contributed by atoms with E-state index in [4.69, 9.17) is 10.5 Å². The fourth-order valence-electron chi connectivity index (χ4n) is 1.46. The summed E-state index contributed by atoms with van der Waals surface area (Å²) in [6.07, 6.45) is 0. The van der Waals surface area contributed by atoms with Gasteiger partial charge in [-0.2, -0.15) is 0 Å². The number of piperazine rings is 1. The van der Waals surface area contributed by atoms with Crippen LogP contribution in [0.15, 0.2) is 0 Å². The lowest BCUT2D eigenvalue weighted by atomic mass is 10.1. The number of hydrogen-bond donors (Lipinski definition) is 1. The Kier molecular flexibility index (Phi) is 4.70. The number of carbonyl (C=O) groups is 1. The van der Waals surface area contributed by atoms with Crippen molar-refractivity contribution in [1.29, 1.82) is 0 Å². The molecule has 5 heteroatoms. The largest absolute Gasteiger partial charge is 0.364 e. The zero-order valence-corrected chi connectivity index (χ0v) is 10.5. The first-order valence-corrected chi connectivity index (χ1v) is 5.75. The molecule has 0 spiro atoms. The average molecular weight is 229 g/mol. The molecule has 0 aromatic heterocycles. The number of hydrogen-bond acceptors (Lipinski definition) is 4. The molecule has 16 heavy (non-hydrogen) atoms. The summed E-state index contributed by atoms with van der Waals surface area (Å²) in [5, 5.41) is 0. The summed E-state index contributed by atoms with van der Waals surface area (Å²) in [4.78, 5) is 15.9. The maximum Gasteiger partial charge on any atom is 0.248 e. The standard InChI is InChI=1S/C11H23N3O2/c1-11(2,9-12)16-8-10(15)14-6-4-13(3)5-7-14/h4-9,12H2,1-3H3. The Hall–Kier alpha value is -0.650. The van der Waals surface area contributed by atoms with Gasteiger partial charge in [-0.15, -0.1) is 0 Å². The van der Waals surface area contributed by atoms with Crippen molar-refractivity contribution in [3.05, 3.63) is 0 Å². The van der Waals surface area contributed by atoms with Gasteiger partial charge in [0.2, 0.25) is 5.91 Å². The van der Waals surface area contributed by atoms with E-state index in [1.54, 1.807) is 0 Å². The molecule has 5 nitrogen and oxygen atoms in total. The molecule has 0 saturated carbocycles. The number of amides is 1. The minimum atomic E-state index is -0.414. The van der Waals surface area contributed by atoms with E-state index in [2.05, 4.69) is 11.9 Å². The topological polar surface area (TPSA) is 58.8 Å². The maximum absolute atomic E-state index is 11.8. The smallest absolute Gasteiger partial charge is 0.248 e. The highest BCUT2D eigenvalue weighted by Crippen LogP contribution is 2.07. The van der Waals surface area contributed by atoms with E-state index in [0.29, 0.717) is 6.54 Å². The molecular formula is C11H23N3O2. The van der Waals surface area contributed by atoms with Gasteiger partial charge >= 0.3 is 0 Å². The van der Waals surface area contributed by atoms with E-state index < -0.39 is 5.60 Å². The molecule has 1 amide bonds. The summed E-state index contributed by atoms with van der Waals surface area (Å²) < 4.78 is 5.49. The van der Waals surface area contributed by atoms with Crippen molar-refractivity contribution in [2.24, 2.45) is 5.73 Å². The summed E-state index contributed by atoms with van der Waals surface area (Å²) in [6.45, 7) is 7.80. The lowest BCUT2D eigenvalue weighted by molar-refractivity contribution is -0.142. The number of nitrogens with zero attached hydrogens (tertiary/aromatic N) is 2. The lowest BCUT2D eigenvalue weighted by Crippen LogP contribution is -2.49. The van der Waals surface area contributed by atoms with Crippen LogP contribution in [0.1, 0.15) is 13.8 Å². The molecular weight excluding hydrogens is 206 g/mol. The Morgan fingerprint density at radius 2 is 1.88 bits per heavy atom. The Bertz CT molecular complexity index is 235. The van der Waals surface area contributed by atoms with Crippen LogP contribution in [0.25, 0.3) is 0 Å². The van der Waals surface area contributed by atoms with Crippen LogP contribution < -0.4 is 5.73 Å². The third-order valence-corrected chi connectivity index (χ3v) is 2.93. The van der Waals surface area contributed by atoms with Crippen molar-refractivity contribution in [3.8, 4) is 0 Å². The van der Waals surface area contributed by atoms with Crippen molar-refractivity contribution in [3.63, 3.8) is 0 Å². The van der Waals surface area contributed by atoms with Crippen LogP contribution in [-0.2, 0) is 9.53 Å². The van der Waals surface area contributed by atoms with E-state index >= 15 is 0 Å². The number of likely N-dealkylation sites (N-methyl/N-ethyl adjacent to an activating group) is 1. The van der Waals surface area contributed by atoms with Crippen molar-refractivity contribution in [1.82, 2.24) is 9.80 Å². The zero-order chi connectivity index (χ0) is 12.2. The molecule has 1 aliphatic heterocycles. The van der Waals surface area contributed by atoms with Crippen LogP contribution in [0.4, 0.5) is 0 Å². The van der Waals surface area contributed by atoms with Crippen LogP contribution in [0.3, 0.4) is 0 Å². The molecule has 0 aromatic carbocycles. The van der Waals surface area contributed by atoms with Crippen LogP contribution >= 0.6 is 0 Å². The van der Waals surface area contributed by atoms with Gasteiger partial charge in [-0.05, 0) is 20.9 Å². The maximum atomic E-state index is 11.8. The molecule has 1 aliphatic rings. The number of nitrogens with two attached hydrogens (primary N) is 1. The predicted octanol–water partition coefficient (Wildman–Crippen LogP) is -0.486. The van der Waals surface area contributed by atoms with Crippen LogP contribution in [-0.4, -0.2) is 67.7 Å². The highest BCUT2D eigenvalue weighted by Gasteiger charge is 2.22. The second-order valence-electron chi connectivity index (χ2n) is 4.94. The summed E-state index contributed by atoms with van der Waals surface area (Å²) >= 11 is 0. The van der Waals surface area contributed by atoms with Crippen molar-refractivity contribution in [2.45, 2.75) is 19.4 Å². The SMILES string of the molecule is CN1CCN(C(=O)COC(C)(C)CN)CC1. The highest BCUT2D eigenvalue weighted by atomic mass is 16.5. The summed E-state index contributed by atoms with van der Waals surface area (Å²) in [5.41, 5.74) is 5.12. The first-order valence-electron chi connectivity index (χ1n) is 5.75. The van der Waals surface area contributed by atoms with Gasteiger partial charge in [0.1, 0.15) is 6.61 Å². The Morgan fingerprint density at radius 1 is 1.31 bits per heavy atom. The minimum absolute atomic E-state index is 0.0645. The lowest BCUT2D eigenvalue weighted by Gasteiger charge is -2.33. The number of rotatable bonds is 4. The molecule has 94 valence electrons. The van der Waals surface area contributed by atoms with Crippen LogP contribution in [0.5, 0.6) is 0 Å². The fraction of sp³-hybridized carbons (Fsp3) is 0.909. The van der Waals surface area contributed by atoms with Gasteiger partial charge in [0.15, 0.2) is 0 Å². The minimum Gasteiger partial charge on any atom is -0.364 e. The van der Waals surface area contributed by atoms with Gasteiger partial charge in [-0.1, -0.05) is 0 Å². The molecule has 0 aromatic rings. The van der Waals surface area contributed by atoms with Crippen LogP contribution in [0, 0.1) is 0 Å². The summed E-state index contributed by atoms with van der Waals surface area (Å²) in [5.74, 6) is 0.0645. The third kappa shape index (κ3) is 4.08. The number of carbonyl (C=O) groups excluding carboxylic acids is 1. The molecule has 0 unspecified atom stereocenters. The second-order valence-corrected chi connectivity index (χ2v) is 4.94. The number of ether oxygens (including phenoxy) is 1. The summed E-state index contributed by atoms with van der Waals surface area (Å²) in [7, 11) is 2.07. The van der Waals surface area contributed by atoms with E-state index in [1.807, 2.05) is 18.7 Å². The molecule has 0 atom stereocenters. The quantitative estimate of drug-likeness (QED) is 0.707. The van der Waals surface area contributed by atoms with Crippen LogP contribution in [0.2, 0.25) is 0 Å². The molecule has 1 fully saturated rings. The Balaban J connectivity index is 2.30. The van der Waals surface area contributed by atoms with Gasteiger partial charge in [-0.3, -0.25) is 4.79 Å². The highest BCUT2D eigenvalue weighted by molar-refractivity contribution is 5.77. The van der Waals surface area contributed by atoms with Crippen molar-refractivity contribution in [2.75, 3.05) is 46.4 Å². The molecule has 1 heterocycles. The van der Waals surface area contributed by atoms with Gasteiger partial charge in [-0.25, -0.2) is 0 Å². The molecule has 0 aliphatic carbocycles. The first kappa shape index (κ1) is 13.4. The Morgan fingerprint density at radius 3 is 2.38 bits per heavy atom. The molecule has 1 rings (SSSR count). The van der Waals surface area contributed by atoms with Gasteiger partial charge in [0, 0.05) is 32.7 Å². The molecule has 1 saturated heterocycles. The van der Waals surface area contributed by atoms with Crippen molar-refractivity contribution >= 4 is 5.91 Å².